The molecule has 7 heteroatoms. The topological polar surface area (TPSA) is 88.1 Å². The summed E-state index contributed by atoms with van der Waals surface area (Å²) in [6, 6.07) is 11.7. The Balaban J connectivity index is 1.71. The highest BCUT2D eigenvalue weighted by atomic mass is 16.2. The largest absolute Gasteiger partial charge is 0.359 e. The first-order chi connectivity index (χ1) is 14.3. The summed E-state index contributed by atoms with van der Waals surface area (Å²) in [5, 5.41) is 13.8. The van der Waals surface area contributed by atoms with Gasteiger partial charge in [0.05, 0.1) is 23.8 Å². The van der Waals surface area contributed by atoms with Crippen LogP contribution in [0.15, 0.2) is 36.4 Å². The Hall–Kier alpha value is -2.67. The number of anilines is 1. The zero-order valence-corrected chi connectivity index (χ0v) is 18.4. The van der Waals surface area contributed by atoms with Gasteiger partial charge in [-0.3, -0.25) is 9.59 Å². The van der Waals surface area contributed by atoms with Crippen molar-refractivity contribution in [3.63, 3.8) is 0 Å². The SMILES string of the molecule is CNC(=O)[C@H]1CCCC[C@@H]1NCC(=O)Nc1cc(C(C)(C)C)nn1-c1ccccc1. The van der Waals surface area contributed by atoms with Gasteiger partial charge in [-0.25, -0.2) is 4.68 Å². The molecule has 3 N–H and O–H groups in total. The number of benzene rings is 1. The molecule has 0 bridgehead atoms. The van der Waals surface area contributed by atoms with Gasteiger partial charge in [0.15, 0.2) is 0 Å². The van der Waals surface area contributed by atoms with Crippen molar-refractivity contribution in [1.29, 1.82) is 0 Å². The summed E-state index contributed by atoms with van der Waals surface area (Å²) in [6.07, 6.45) is 3.88. The molecule has 2 amide bonds. The minimum Gasteiger partial charge on any atom is -0.359 e. The van der Waals surface area contributed by atoms with Gasteiger partial charge in [0.2, 0.25) is 11.8 Å². The molecule has 7 nitrogen and oxygen atoms in total. The van der Waals surface area contributed by atoms with E-state index in [1.165, 1.54) is 0 Å². The summed E-state index contributed by atoms with van der Waals surface area (Å²) in [7, 11) is 1.66. The molecule has 0 saturated heterocycles. The van der Waals surface area contributed by atoms with Crippen molar-refractivity contribution in [3.8, 4) is 5.69 Å². The molecular weight excluding hydrogens is 378 g/mol. The fourth-order valence-corrected chi connectivity index (χ4v) is 3.89. The minimum atomic E-state index is -0.145. The average molecular weight is 412 g/mol. The molecule has 0 radical (unpaired) electrons. The summed E-state index contributed by atoms with van der Waals surface area (Å²) in [4.78, 5) is 24.9. The number of hydrogen-bond donors (Lipinski definition) is 3. The van der Waals surface area contributed by atoms with Gasteiger partial charge in [0.1, 0.15) is 5.82 Å². The number of aromatic nitrogens is 2. The molecular formula is C23H33N5O2. The van der Waals surface area contributed by atoms with Gasteiger partial charge in [-0.05, 0) is 25.0 Å². The maximum absolute atomic E-state index is 12.7. The normalized spacial score (nSPS) is 19.3. The zero-order chi connectivity index (χ0) is 21.7. The fraction of sp³-hybridized carbons (Fsp3) is 0.522. The lowest BCUT2D eigenvalue weighted by molar-refractivity contribution is -0.126. The van der Waals surface area contributed by atoms with Crippen LogP contribution in [0.5, 0.6) is 0 Å². The van der Waals surface area contributed by atoms with Crippen molar-refractivity contribution in [2.24, 2.45) is 5.92 Å². The third-order valence-electron chi connectivity index (χ3n) is 5.62. The van der Waals surface area contributed by atoms with Crippen LogP contribution in [0.2, 0.25) is 0 Å². The van der Waals surface area contributed by atoms with Gasteiger partial charge < -0.3 is 16.0 Å². The highest BCUT2D eigenvalue weighted by molar-refractivity contribution is 5.92. The van der Waals surface area contributed by atoms with Gasteiger partial charge in [0, 0.05) is 24.6 Å². The van der Waals surface area contributed by atoms with Crippen LogP contribution >= 0.6 is 0 Å². The molecule has 1 fully saturated rings. The van der Waals surface area contributed by atoms with Gasteiger partial charge in [0.25, 0.3) is 0 Å². The number of nitrogens with one attached hydrogen (secondary N) is 3. The number of hydrogen-bond acceptors (Lipinski definition) is 4. The number of carbonyl (C=O) groups excluding carboxylic acids is 2. The van der Waals surface area contributed by atoms with E-state index in [9.17, 15) is 9.59 Å². The first-order valence-corrected chi connectivity index (χ1v) is 10.7. The molecule has 1 aliphatic rings. The average Bonchev–Trinajstić information content (AvgIpc) is 3.17. The Kier molecular flexibility index (Phi) is 6.92. The van der Waals surface area contributed by atoms with Crippen LogP contribution < -0.4 is 16.0 Å². The van der Waals surface area contributed by atoms with Crippen LogP contribution in [0.3, 0.4) is 0 Å². The van der Waals surface area contributed by atoms with Gasteiger partial charge >= 0.3 is 0 Å². The van der Waals surface area contributed by atoms with Crippen LogP contribution in [0, 0.1) is 5.92 Å². The summed E-state index contributed by atoms with van der Waals surface area (Å²) in [6.45, 7) is 6.45. The van der Waals surface area contributed by atoms with Crippen LogP contribution in [0.1, 0.15) is 52.1 Å². The number of amides is 2. The summed E-state index contributed by atoms with van der Waals surface area (Å²) < 4.78 is 1.77. The third kappa shape index (κ3) is 5.27. The van der Waals surface area contributed by atoms with E-state index in [0.29, 0.717) is 5.82 Å². The van der Waals surface area contributed by atoms with E-state index in [-0.39, 0.29) is 35.7 Å². The highest BCUT2D eigenvalue weighted by Gasteiger charge is 2.30. The molecule has 1 aromatic heterocycles. The first kappa shape index (κ1) is 22.0. The summed E-state index contributed by atoms with van der Waals surface area (Å²) in [5.74, 6) is 0.460. The van der Waals surface area contributed by atoms with E-state index in [0.717, 1.165) is 37.1 Å². The van der Waals surface area contributed by atoms with Crippen molar-refractivity contribution >= 4 is 17.6 Å². The second-order valence-electron chi connectivity index (χ2n) is 8.95. The van der Waals surface area contributed by atoms with Crippen molar-refractivity contribution in [2.45, 2.75) is 57.9 Å². The maximum Gasteiger partial charge on any atom is 0.239 e. The van der Waals surface area contributed by atoms with Crippen LogP contribution in [-0.2, 0) is 15.0 Å². The molecule has 30 heavy (non-hydrogen) atoms. The molecule has 1 aliphatic carbocycles. The van der Waals surface area contributed by atoms with Gasteiger partial charge in [-0.1, -0.05) is 51.8 Å². The Morgan fingerprint density at radius 1 is 1.13 bits per heavy atom. The van der Waals surface area contributed by atoms with Crippen molar-refractivity contribution in [3.05, 3.63) is 42.1 Å². The molecule has 3 rings (SSSR count). The minimum absolute atomic E-state index is 0.0219. The van der Waals surface area contributed by atoms with Gasteiger partial charge in [-0.2, -0.15) is 5.10 Å². The zero-order valence-electron chi connectivity index (χ0n) is 18.4. The quantitative estimate of drug-likeness (QED) is 0.682. The lowest BCUT2D eigenvalue weighted by Gasteiger charge is -2.30. The predicted molar refractivity (Wildman–Crippen MR) is 119 cm³/mol. The summed E-state index contributed by atoms with van der Waals surface area (Å²) in [5.41, 5.74) is 1.66. The molecule has 1 aromatic carbocycles. The fourth-order valence-electron chi connectivity index (χ4n) is 3.89. The van der Waals surface area contributed by atoms with E-state index in [2.05, 4.69) is 36.7 Å². The standard InChI is InChI=1S/C23H33N5O2/c1-23(2,3)19-14-20(28(27-19)16-10-6-5-7-11-16)26-21(29)15-25-18-13-9-8-12-17(18)22(30)24-4/h5-7,10-11,14,17-18,25H,8-9,12-13,15H2,1-4H3,(H,24,30)(H,26,29)/t17-,18-/m0/s1. The van der Waals surface area contributed by atoms with Crippen molar-refractivity contribution in [1.82, 2.24) is 20.4 Å². The lowest BCUT2D eigenvalue weighted by Crippen LogP contribution is -2.47. The first-order valence-electron chi connectivity index (χ1n) is 10.7. The van der Waals surface area contributed by atoms with Gasteiger partial charge in [-0.15, -0.1) is 0 Å². The van der Waals surface area contributed by atoms with E-state index in [4.69, 9.17) is 5.10 Å². The smallest absolute Gasteiger partial charge is 0.239 e. The monoisotopic (exact) mass is 411 g/mol. The lowest BCUT2D eigenvalue weighted by atomic mass is 9.84. The number of rotatable bonds is 6. The molecule has 1 saturated carbocycles. The Labute approximate surface area is 178 Å². The number of nitrogens with zero attached hydrogens (tertiary/aromatic N) is 2. The summed E-state index contributed by atoms with van der Waals surface area (Å²) >= 11 is 0. The van der Waals surface area contributed by atoms with Crippen LogP contribution in [0.25, 0.3) is 5.69 Å². The Bertz CT molecular complexity index is 869. The second-order valence-corrected chi connectivity index (χ2v) is 8.95. The molecule has 0 aliphatic heterocycles. The Morgan fingerprint density at radius 2 is 1.83 bits per heavy atom. The Morgan fingerprint density at radius 3 is 2.50 bits per heavy atom. The molecule has 2 aromatic rings. The molecule has 0 spiro atoms. The third-order valence-corrected chi connectivity index (χ3v) is 5.62. The van der Waals surface area contributed by atoms with E-state index >= 15 is 0 Å². The molecule has 1 heterocycles. The number of carbonyl (C=O) groups is 2. The molecule has 162 valence electrons. The molecule has 0 unspecified atom stereocenters. The maximum atomic E-state index is 12.7. The van der Waals surface area contributed by atoms with Crippen molar-refractivity contribution < 1.29 is 9.59 Å². The molecule has 2 atom stereocenters. The van der Waals surface area contributed by atoms with E-state index < -0.39 is 0 Å². The highest BCUT2D eigenvalue weighted by Crippen LogP contribution is 2.27. The van der Waals surface area contributed by atoms with Crippen LogP contribution in [-0.4, -0.2) is 41.2 Å². The number of para-hydroxylation sites is 1. The van der Waals surface area contributed by atoms with Crippen molar-refractivity contribution in [2.75, 3.05) is 18.9 Å². The van der Waals surface area contributed by atoms with E-state index in [1.54, 1.807) is 11.7 Å². The predicted octanol–water partition coefficient (Wildman–Crippen LogP) is 3.00. The van der Waals surface area contributed by atoms with Crippen LogP contribution in [0.4, 0.5) is 5.82 Å². The van der Waals surface area contributed by atoms with E-state index in [1.807, 2.05) is 36.4 Å². The second kappa shape index (κ2) is 9.43.